The Morgan fingerprint density at radius 2 is 2.04 bits per heavy atom. The number of benzene rings is 1. The predicted octanol–water partition coefficient (Wildman–Crippen LogP) is 3.50. The molecule has 0 aliphatic rings. The summed E-state index contributed by atoms with van der Waals surface area (Å²) >= 11 is 0. The van der Waals surface area contributed by atoms with Gasteiger partial charge in [0.05, 0.1) is 35.8 Å². The van der Waals surface area contributed by atoms with Crippen molar-refractivity contribution in [1.82, 2.24) is 4.98 Å². The lowest BCUT2D eigenvalue weighted by molar-refractivity contribution is -0.136. The quantitative estimate of drug-likeness (QED) is 0.876. The van der Waals surface area contributed by atoms with Gasteiger partial charge in [-0.15, -0.1) is 0 Å². The second-order valence-electron chi connectivity index (χ2n) is 4.39. The van der Waals surface area contributed by atoms with Crippen LogP contribution in [0, 0.1) is 11.3 Å². The summed E-state index contributed by atoms with van der Waals surface area (Å²) in [5.74, 6) is -0.903. The van der Waals surface area contributed by atoms with Crippen LogP contribution in [0.25, 0.3) is 0 Å². The second kappa shape index (κ2) is 6.36. The molecule has 1 aromatic heterocycles. The smallest absolute Gasteiger partial charge is 0.418 e. The summed E-state index contributed by atoms with van der Waals surface area (Å²) in [6, 6.07) is 7.73. The fourth-order valence-corrected chi connectivity index (χ4v) is 1.88. The van der Waals surface area contributed by atoms with Gasteiger partial charge in [0.2, 0.25) is 0 Å². The lowest BCUT2D eigenvalue weighted by Gasteiger charge is -2.17. The van der Waals surface area contributed by atoms with Gasteiger partial charge in [0.25, 0.3) is 0 Å². The van der Waals surface area contributed by atoms with Gasteiger partial charge in [0.15, 0.2) is 0 Å². The third kappa shape index (κ3) is 3.58. The number of hydrogen-bond donors (Lipinski definition) is 1. The van der Waals surface area contributed by atoms with Gasteiger partial charge in [-0.3, -0.25) is 0 Å². The number of anilines is 2. The Morgan fingerprint density at radius 1 is 1.30 bits per heavy atom. The summed E-state index contributed by atoms with van der Waals surface area (Å²) in [5.41, 5.74) is -1.38. The lowest BCUT2D eigenvalue weighted by Crippen LogP contribution is -2.14. The van der Waals surface area contributed by atoms with Gasteiger partial charge in [-0.05, 0) is 24.3 Å². The molecule has 1 aromatic carbocycles. The number of halogens is 3. The van der Waals surface area contributed by atoms with Crippen molar-refractivity contribution in [2.24, 2.45) is 0 Å². The van der Waals surface area contributed by atoms with E-state index < -0.39 is 23.4 Å². The summed E-state index contributed by atoms with van der Waals surface area (Å²) in [4.78, 5) is 15.5. The van der Waals surface area contributed by atoms with E-state index in [2.05, 4.69) is 15.0 Å². The molecule has 0 saturated carbocycles. The molecule has 2 rings (SSSR count). The summed E-state index contributed by atoms with van der Waals surface area (Å²) in [7, 11) is 1.08. The maximum atomic E-state index is 13.2. The van der Waals surface area contributed by atoms with E-state index in [1.807, 2.05) is 0 Å². The number of esters is 1. The van der Waals surface area contributed by atoms with E-state index in [9.17, 15) is 18.0 Å². The molecule has 0 amide bonds. The Bertz CT molecular complexity index is 765. The fourth-order valence-electron chi connectivity index (χ4n) is 1.88. The molecule has 5 nitrogen and oxygen atoms in total. The zero-order valence-corrected chi connectivity index (χ0v) is 11.8. The number of carbonyl (C=O) groups excluding carboxylic acids is 1. The largest absolute Gasteiger partial charge is 0.465 e. The zero-order valence-electron chi connectivity index (χ0n) is 11.8. The number of nitrogens with zero attached hydrogens (tertiary/aromatic N) is 2. The first-order valence-corrected chi connectivity index (χ1v) is 6.28. The number of para-hydroxylation sites is 1. The third-order valence-electron chi connectivity index (χ3n) is 2.92. The van der Waals surface area contributed by atoms with Crippen LogP contribution in [0.2, 0.25) is 0 Å². The Hall–Kier alpha value is -3.08. The van der Waals surface area contributed by atoms with Crippen molar-refractivity contribution in [3.63, 3.8) is 0 Å². The molecule has 0 atom stereocenters. The number of carbonyl (C=O) groups is 1. The van der Waals surface area contributed by atoms with Gasteiger partial charge in [0, 0.05) is 0 Å². The summed E-state index contributed by atoms with van der Waals surface area (Å²) < 4.78 is 44.0. The first kappa shape index (κ1) is 16.3. The van der Waals surface area contributed by atoms with Gasteiger partial charge >= 0.3 is 12.1 Å². The van der Waals surface area contributed by atoms with Gasteiger partial charge in [-0.2, -0.15) is 18.4 Å². The standard InChI is InChI=1S/C15H10F3N3O2/c1-23-14(22)11-3-2-4-12(15(16,17)18)13(11)21-10-6-5-9(7-19)20-8-10/h2-6,8,21H,1H3. The molecule has 23 heavy (non-hydrogen) atoms. The highest BCUT2D eigenvalue weighted by molar-refractivity contribution is 5.97. The van der Waals surface area contributed by atoms with Crippen molar-refractivity contribution in [2.75, 3.05) is 12.4 Å². The number of aromatic nitrogens is 1. The van der Waals surface area contributed by atoms with Gasteiger partial charge in [-0.25, -0.2) is 9.78 Å². The van der Waals surface area contributed by atoms with Crippen molar-refractivity contribution in [3.05, 3.63) is 53.3 Å². The van der Waals surface area contributed by atoms with Crippen molar-refractivity contribution >= 4 is 17.3 Å². The molecule has 2 aromatic rings. The van der Waals surface area contributed by atoms with E-state index in [0.29, 0.717) is 0 Å². The average molecular weight is 321 g/mol. The van der Waals surface area contributed by atoms with Crippen LogP contribution in [-0.4, -0.2) is 18.1 Å². The van der Waals surface area contributed by atoms with Crippen LogP contribution in [-0.2, 0) is 10.9 Å². The van der Waals surface area contributed by atoms with E-state index in [1.54, 1.807) is 6.07 Å². The van der Waals surface area contributed by atoms with Crippen LogP contribution >= 0.6 is 0 Å². The highest BCUT2D eigenvalue weighted by atomic mass is 19.4. The number of hydrogen-bond acceptors (Lipinski definition) is 5. The van der Waals surface area contributed by atoms with Crippen molar-refractivity contribution in [1.29, 1.82) is 5.26 Å². The monoisotopic (exact) mass is 321 g/mol. The van der Waals surface area contributed by atoms with Crippen LogP contribution in [0.3, 0.4) is 0 Å². The number of ether oxygens (including phenoxy) is 1. The number of methoxy groups -OCH3 is 1. The number of nitriles is 1. The molecule has 8 heteroatoms. The van der Waals surface area contributed by atoms with Gasteiger partial charge in [0.1, 0.15) is 11.8 Å². The third-order valence-corrected chi connectivity index (χ3v) is 2.92. The van der Waals surface area contributed by atoms with Gasteiger partial charge in [-0.1, -0.05) is 6.07 Å². The summed E-state index contributed by atoms with van der Waals surface area (Å²) in [6.07, 6.45) is -3.46. The highest BCUT2D eigenvalue weighted by Gasteiger charge is 2.35. The number of pyridine rings is 1. The Kier molecular flexibility index (Phi) is 4.50. The molecular formula is C15H10F3N3O2. The zero-order chi connectivity index (χ0) is 17.0. The summed E-state index contributed by atoms with van der Waals surface area (Å²) in [5, 5.41) is 11.2. The molecule has 1 heterocycles. The second-order valence-corrected chi connectivity index (χ2v) is 4.39. The maximum absolute atomic E-state index is 13.2. The van der Waals surface area contributed by atoms with Crippen LogP contribution in [0.4, 0.5) is 24.5 Å². The normalized spacial score (nSPS) is 10.7. The molecule has 0 fully saturated rings. The molecular weight excluding hydrogens is 311 g/mol. The minimum absolute atomic E-state index is 0.118. The van der Waals surface area contributed by atoms with Crippen LogP contribution in [0.5, 0.6) is 0 Å². The Balaban J connectivity index is 2.53. The fraction of sp³-hybridized carbons (Fsp3) is 0.133. The topological polar surface area (TPSA) is 75.0 Å². The van der Waals surface area contributed by atoms with Crippen molar-refractivity contribution in [3.8, 4) is 6.07 Å². The minimum atomic E-state index is -4.66. The molecule has 0 aliphatic heterocycles. The lowest BCUT2D eigenvalue weighted by atomic mass is 10.1. The SMILES string of the molecule is COC(=O)c1cccc(C(F)(F)F)c1Nc1ccc(C#N)nc1. The van der Waals surface area contributed by atoms with E-state index in [-0.39, 0.29) is 16.9 Å². The predicted molar refractivity (Wildman–Crippen MR) is 75.0 cm³/mol. The maximum Gasteiger partial charge on any atom is 0.418 e. The van der Waals surface area contributed by atoms with Crippen molar-refractivity contribution in [2.45, 2.75) is 6.18 Å². The van der Waals surface area contributed by atoms with E-state index in [0.717, 1.165) is 19.2 Å². The molecule has 0 bridgehead atoms. The summed E-state index contributed by atoms with van der Waals surface area (Å²) in [6.45, 7) is 0. The Labute approximate surface area is 129 Å². The molecule has 0 unspecified atom stereocenters. The number of alkyl halides is 3. The molecule has 0 radical (unpaired) electrons. The first-order chi connectivity index (χ1) is 10.9. The van der Waals surface area contributed by atoms with E-state index in [4.69, 9.17) is 5.26 Å². The van der Waals surface area contributed by atoms with E-state index >= 15 is 0 Å². The minimum Gasteiger partial charge on any atom is -0.465 e. The van der Waals surface area contributed by atoms with Crippen LogP contribution in [0.15, 0.2) is 36.5 Å². The van der Waals surface area contributed by atoms with Gasteiger partial charge < -0.3 is 10.1 Å². The number of rotatable bonds is 3. The first-order valence-electron chi connectivity index (χ1n) is 6.28. The Morgan fingerprint density at radius 3 is 2.57 bits per heavy atom. The molecule has 0 aliphatic carbocycles. The number of nitrogens with one attached hydrogen (secondary N) is 1. The molecule has 0 saturated heterocycles. The average Bonchev–Trinajstić information content (AvgIpc) is 2.54. The van der Waals surface area contributed by atoms with E-state index in [1.165, 1.54) is 24.4 Å². The highest BCUT2D eigenvalue weighted by Crippen LogP contribution is 2.38. The molecule has 118 valence electrons. The molecule has 1 N–H and O–H groups in total. The van der Waals surface area contributed by atoms with Crippen LogP contribution < -0.4 is 5.32 Å². The van der Waals surface area contributed by atoms with Crippen LogP contribution in [0.1, 0.15) is 21.6 Å². The van der Waals surface area contributed by atoms with Crippen molar-refractivity contribution < 1.29 is 22.7 Å². The molecule has 0 spiro atoms.